The van der Waals surface area contributed by atoms with E-state index in [9.17, 15) is 9.59 Å². The van der Waals surface area contributed by atoms with Crippen molar-refractivity contribution in [3.63, 3.8) is 0 Å². The monoisotopic (exact) mass is 464 g/mol. The van der Waals surface area contributed by atoms with Crippen LogP contribution >= 0.6 is 9.12 Å². The number of aryl methyl sites for hydroxylation is 2. The van der Waals surface area contributed by atoms with Gasteiger partial charge in [-0.25, -0.2) is 0 Å². The number of ether oxygens (including phenoxy) is 1. The zero-order valence-electron chi connectivity index (χ0n) is 20.1. The molecule has 0 aliphatic heterocycles. The normalized spacial score (nSPS) is 11.8. The first-order valence-electron chi connectivity index (χ1n) is 10.9. The molecule has 0 amide bonds. The number of rotatable bonds is 6. The molecule has 0 N–H and O–H groups in total. The highest BCUT2D eigenvalue weighted by Gasteiger charge is 2.33. The van der Waals surface area contributed by atoms with Crippen LogP contribution in [-0.4, -0.2) is 11.8 Å². The number of benzene rings is 3. The van der Waals surface area contributed by atoms with Gasteiger partial charge >= 0.3 is 5.97 Å². The summed E-state index contributed by atoms with van der Waals surface area (Å²) in [4.78, 5) is 26.8. The Kier molecular flexibility index (Phi) is 9.37. The second-order valence-corrected chi connectivity index (χ2v) is 9.04. The van der Waals surface area contributed by atoms with Crippen LogP contribution in [0, 0.1) is 13.8 Å². The highest BCUT2D eigenvalue weighted by atomic mass is 31.0. The average molecular weight is 465 g/mol. The largest absolute Gasteiger partial charge is 0.460 e. The maximum Gasteiger partial charge on any atom is 0.321 e. The van der Waals surface area contributed by atoms with Gasteiger partial charge in [0.25, 0.3) is 0 Å². The molecule has 5 heteroatoms. The Balaban J connectivity index is 0.00000187. The molecule has 0 fully saturated rings. The topological polar surface area (TPSA) is 60.4 Å². The standard InChI is InChI=1S/C28H30O3.H3OP/c1-19-16-23(28(3,4)5)17-20(2)24(19)26(29)25(22-14-10-7-11-15-22)27(30)31-18-21-12-8-6-9-13-21;1-2/h6-17,25H,18H2,1-5H3;2H3. The minimum atomic E-state index is -0.997. The minimum absolute atomic E-state index is 0.0233. The Labute approximate surface area is 198 Å². The van der Waals surface area contributed by atoms with Gasteiger partial charge < -0.3 is 9.30 Å². The van der Waals surface area contributed by atoms with E-state index >= 15 is 0 Å². The molecule has 0 saturated heterocycles. The number of esters is 1. The molecule has 2 unspecified atom stereocenters. The van der Waals surface area contributed by atoms with E-state index in [0.29, 0.717) is 20.2 Å². The Hall–Kier alpha value is -2.97. The number of hydrogen-bond acceptors (Lipinski definition) is 4. The Morgan fingerprint density at radius 2 is 1.33 bits per heavy atom. The molecule has 3 rings (SSSR count). The van der Waals surface area contributed by atoms with Gasteiger partial charge in [0.15, 0.2) is 5.78 Å². The summed E-state index contributed by atoms with van der Waals surface area (Å²) < 4.78 is 13.9. The fourth-order valence-electron chi connectivity index (χ4n) is 3.78. The summed E-state index contributed by atoms with van der Waals surface area (Å²) in [5, 5.41) is 0. The highest BCUT2D eigenvalue weighted by molar-refractivity contribution is 7.00. The zero-order valence-corrected chi connectivity index (χ0v) is 21.5. The van der Waals surface area contributed by atoms with Crippen LogP contribution in [0.15, 0.2) is 72.8 Å². The lowest BCUT2D eigenvalue weighted by molar-refractivity contribution is -0.145. The third kappa shape index (κ3) is 6.76. The van der Waals surface area contributed by atoms with Crippen molar-refractivity contribution in [3.05, 3.63) is 106 Å². The molecule has 3 aromatic carbocycles. The van der Waals surface area contributed by atoms with Gasteiger partial charge in [0, 0.05) is 5.56 Å². The third-order valence-electron chi connectivity index (χ3n) is 5.50. The second-order valence-electron chi connectivity index (χ2n) is 9.04. The number of Topliss-reactive ketones (excluding diaryl/α,β-unsaturated/α-hetero) is 1. The summed E-state index contributed by atoms with van der Waals surface area (Å²) in [6.45, 7) is 10.5. The van der Waals surface area contributed by atoms with E-state index in [4.69, 9.17) is 9.30 Å². The van der Waals surface area contributed by atoms with Crippen molar-refractivity contribution in [2.24, 2.45) is 0 Å². The molecular weight excluding hydrogens is 431 g/mol. The predicted molar refractivity (Wildman–Crippen MR) is 136 cm³/mol. The van der Waals surface area contributed by atoms with E-state index in [1.165, 1.54) is 5.56 Å². The van der Waals surface area contributed by atoms with Crippen molar-refractivity contribution < 1.29 is 18.9 Å². The summed E-state index contributed by atoms with van der Waals surface area (Å²) in [5.74, 6) is -1.75. The van der Waals surface area contributed by atoms with Crippen LogP contribution < -0.4 is 0 Å². The molecule has 174 valence electrons. The van der Waals surface area contributed by atoms with Crippen LogP contribution in [0.25, 0.3) is 0 Å². The molecule has 0 spiro atoms. The molecule has 3 aromatic rings. The molecule has 33 heavy (non-hydrogen) atoms. The van der Waals surface area contributed by atoms with Gasteiger partial charge in [0.2, 0.25) is 0 Å². The van der Waals surface area contributed by atoms with Gasteiger partial charge in [-0.05, 0) is 47.1 Å². The van der Waals surface area contributed by atoms with E-state index in [1.807, 2.05) is 62.4 Å². The number of carbonyl (C=O) groups excluding carboxylic acids is 2. The number of carbonyl (C=O) groups is 2. The summed E-state index contributed by atoms with van der Waals surface area (Å²) in [5.41, 5.74) is 5.03. The smallest absolute Gasteiger partial charge is 0.321 e. The van der Waals surface area contributed by atoms with Crippen molar-refractivity contribution in [1.29, 1.82) is 0 Å². The van der Waals surface area contributed by atoms with Gasteiger partial charge in [0.05, 0.1) is 9.12 Å². The van der Waals surface area contributed by atoms with Gasteiger partial charge in [0.1, 0.15) is 12.5 Å². The maximum atomic E-state index is 13.7. The second kappa shape index (κ2) is 11.8. The van der Waals surface area contributed by atoms with E-state index in [1.54, 1.807) is 12.1 Å². The van der Waals surface area contributed by atoms with Gasteiger partial charge in [-0.2, -0.15) is 0 Å². The Morgan fingerprint density at radius 1 is 0.848 bits per heavy atom. The van der Waals surface area contributed by atoms with E-state index in [2.05, 4.69) is 32.9 Å². The maximum absolute atomic E-state index is 13.7. The molecule has 0 aromatic heterocycles. The summed E-state index contributed by atoms with van der Waals surface area (Å²) in [7, 11) is 0.611. The Bertz CT molecular complexity index is 1060. The first kappa shape index (κ1) is 26.3. The fraction of sp³-hybridized carbons (Fsp3) is 0.286. The lowest BCUT2D eigenvalue weighted by Gasteiger charge is -2.23. The molecule has 0 saturated carbocycles. The van der Waals surface area contributed by atoms with E-state index < -0.39 is 11.9 Å². The average Bonchev–Trinajstić information content (AvgIpc) is 2.79. The first-order chi connectivity index (χ1) is 15.7. The van der Waals surface area contributed by atoms with Crippen molar-refractivity contribution in [2.75, 3.05) is 0 Å². The number of hydrogen-bond donors (Lipinski definition) is 0. The molecule has 2 atom stereocenters. The van der Waals surface area contributed by atoms with Gasteiger partial charge in [-0.15, -0.1) is 0 Å². The summed E-state index contributed by atoms with van der Waals surface area (Å²) >= 11 is 0. The number of ketones is 1. The van der Waals surface area contributed by atoms with E-state index in [0.717, 1.165) is 16.7 Å². The quantitative estimate of drug-likeness (QED) is 0.187. The summed E-state index contributed by atoms with van der Waals surface area (Å²) in [6.07, 6.45) is 0. The highest BCUT2D eigenvalue weighted by Crippen LogP contribution is 2.31. The van der Waals surface area contributed by atoms with Crippen LogP contribution in [0.3, 0.4) is 0 Å². The van der Waals surface area contributed by atoms with Crippen LogP contribution in [-0.2, 0) is 26.1 Å². The molecule has 0 heterocycles. The van der Waals surface area contributed by atoms with Crippen molar-refractivity contribution in [2.45, 2.75) is 52.6 Å². The summed E-state index contributed by atoms with van der Waals surface area (Å²) in [6, 6.07) is 22.8. The first-order valence-corrected chi connectivity index (χ1v) is 11.5. The molecule has 0 aliphatic carbocycles. The van der Waals surface area contributed by atoms with Crippen molar-refractivity contribution >= 4 is 20.9 Å². The molecule has 4 nitrogen and oxygen atoms in total. The van der Waals surface area contributed by atoms with Crippen molar-refractivity contribution in [3.8, 4) is 0 Å². The molecule has 0 aliphatic rings. The lowest BCUT2D eigenvalue weighted by atomic mass is 9.81. The van der Waals surface area contributed by atoms with Crippen LogP contribution in [0.4, 0.5) is 0 Å². The fourth-order valence-corrected chi connectivity index (χ4v) is 3.78. The molecule has 0 bridgehead atoms. The van der Waals surface area contributed by atoms with Gasteiger partial charge in [-0.1, -0.05) is 93.6 Å². The SMILES string of the molecule is Cc1cc(C(C)(C)C)cc(C)c1C(=O)C(C(=O)OCc1ccccc1)c1ccccc1.O=[PH3]. The van der Waals surface area contributed by atoms with E-state index in [-0.39, 0.29) is 17.8 Å². The molecular formula is C28H33O4P. The minimum Gasteiger partial charge on any atom is -0.460 e. The molecule has 0 radical (unpaired) electrons. The zero-order chi connectivity index (χ0) is 24.6. The Morgan fingerprint density at radius 3 is 1.82 bits per heavy atom. The van der Waals surface area contributed by atoms with Gasteiger partial charge in [-0.3, -0.25) is 9.59 Å². The lowest BCUT2D eigenvalue weighted by Crippen LogP contribution is -2.26. The predicted octanol–water partition coefficient (Wildman–Crippen LogP) is 6.25. The van der Waals surface area contributed by atoms with Crippen LogP contribution in [0.2, 0.25) is 0 Å². The van der Waals surface area contributed by atoms with Crippen LogP contribution in [0.5, 0.6) is 0 Å². The van der Waals surface area contributed by atoms with Crippen LogP contribution in [0.1, 0.15) is 64.9 Å². The van der Waals surface area contributed by atoms with Crippen molar-refractivity contribution in [1.82, 2.24) is 0 Å². The third-order valence-corrected chi connectivity index (χ3v) is 5.50.